The minimum absolute atomic E-state index is 0.0231. The average Bonchev–Trinajstić information content (AvgIpc) is 4.00. The number of carbonyl (C=O) groups excluding carboxylic acids is 5. The van der Waals surface area contributed by atoms with Crippen LogP contribution in [-0.4, -0.2) is 102 Å². The lowest BCUT2D eigenvalue weighted by molar-refractivity contribution is -0.136. The van der Waals surface area contributed by atoms with Crippen molar-refractivity contribution >= 4 is 63.8 Å². The molecule has 3 aromatic heterocycles. The number of rotatable bonds is 10. The van der Waals surface area contributed by atoms with E-state index in [0.717, 1.165) is 53.8 Å². The monoisotopic (exact) mass is 882 g/mol. The van der Waals surface area contributed by atoms with Crippen molar-refractivity contribution in [1.82, 2.24) is 45.1 Å². The maximum Gasteiger partial charge on any atom is 0.262 e. The summed E-state index contributed by atoms with van der Waals surface area (Å²) in [6.45, 7) is 4.39. The van der Waals surface area contributed by atoms with Gasteiger partial charge in [0.2, 0.25) is 17.8 Å². The molecule has 6 aromatic rings. The quantitative estimate of drug-likeness (QED) is 0.122. The maximum absolute atomic E-state index is 14.5. The van der Waals surface area contributed by atoms with E-state index in [1.54, 1.807) is 18.3 Å². The molecule has 4 aliphatic heterocycles. The first-order valence-corrected chi connectivity index (χ1v) is 21.7. The molecule has 1 atom stereocenters. The zero-order chi connectivity index (χ0) is 44.9. The predicted octanol–water partition coefficient (Wildman–Crippen LogP) is 5.75. The molecule has 65 heavy (non-hydrogen) atoms. The summed E-state index contributed by atoms with van der Waals surface area (Å²) in [5.41, 5.74) is 4.77. The van der Waals surface area contributed by atoms with Crippen molar-refractivity contribution in [3.63, 3.8) is 0 Å². The minimum atomic E-state index is -1.01. The third kappa shape index (κ3) is 8.01. The van der Waals surface area contributed by atoms with Crippen LogP contribution in [0, 0.1) is 18.6 Å². The van der Waals surface area contributed by atoms with Gasteiger partial charge in [0, 0.05) is 73.8 Å². The van der Waals surface area contributed by atoms with Crippen LogP contribution in [0.3, 0.4) is 0 Å². The topological polar surface area (TPSA) is 203 Å². The first-order valence-electron chi connectivity index (χ1n) is 21.7. The Morgan fingerprint density at radius 3 is 2.34 bits per heavy atom. The number of hydrogen-bond donors (Lipinski definition) is 4. The van der Waals surface area contributed by atoms with Crippen LogP contribution < -0.4 is 20.9 Å². The lowest BCUT2D eigenvalue weighted by Crippen LogP contribution is -2.54. The molecule has 5 amide bonds. The number of anilines is 4. The fourth-order valence-corrected chi connectivity index (χ4v) is 9.33. The van der Waals surface area contributed by atoms with Crippen LogP contribution in [0.25, 0.3) is 11.0 Å². The van der Waals surface area contributed by atoms with E-state index < -0.39 is 41.3 Å². The van der Waals surface area contributed by atoms with Crippen LogP contribution in [-0.2, 0) is 16.1 Å². The largest absolute Gasteiger partial charge is 0.371 e. The molecule has 10 rings (SSSR count). The number of hydrogen-bond acceptors (Lipinski definition) is 12. The summed E-state index contributed by atoms with van der Waals surface area (Å²) in [4.78, 5) is 78.9. The lowest BCUT2D eigenvalue weighted by Gasteiger charge is -2.34. The third-order valence-electron chi connectivity index (χ3n) is 12.9. The molecule has 0 spiro atoms. The second-order valence-corrected chi connectivity index (χ2v) is 17.0. The molecular formula is C46H44F2N12O5. The number of aryl methyl sites for hydroxylation is 1. The number of nitrogens with zero attached hydrogens (tertiary/aromatic N) is 8. The molecule has 3 fully saturated rings. The molecule has 7 heterocycles. The van der Waals surface area contributed by atoms with Gasteiger partial charge in [-0.3, -0.25) is 39.3 Å². The van der Waals surface area contributed by atoms with E-state index >= 15 is 0 Å². The summed E-state index contributed by atoms with van der Waals surface area (Å²) < 4.78 is 29.9. The Morgan fingerprint density at radius 1 is 0.846 bits per heavy atom. The minimum Gasteiger partial charge on any atom is -0.371 e. The number of aromatic amines is 1. The van der Waals surface area contributed by atoms with Gasteiger partial charge >= 0.3 is 0 Å². The molecule has 0 radical (unpaired) electrons. The molecule has 4 N–H and O–H groups in total. The van der Waals surface area contributed by atoms with Crippen molar-refractivity contribution in [2.75, 3.05) is 41.7 Å². The zero-order valence-corrected chi connectivity index (χ0v) is 35.3. The van der Waals surface area contributed by atoms with E-state index in [0.29, 0.717) is 54.2 Å². The summed E-state index contributed by atoms with van der Waals surface area (Å²) in [6, 6.07) is 17.2. The number of amides is 5. The van der Waals surface area contributed by atoms with Gasteiger partial charge in [-0.25, -0.2) is 13.5 Å². The van der Waals surface area contributed by atoms with E-state index in [2.05, 4.69) is 36.0 Å². The number of fused-ring (bicyclic) bond motifs is 2. The van der Waals surface area contributed by atoms with Gasteiger partial charge in [-0.1, -0.05) is 18.2 Å². The van der Waals surface area contributed by atoms with Gasteiger partial charge < -0.3 is 20.4 Å². The molecule has 0 bridgehead atoms. The SMILES string of the molecule is Cc1cc(Nc2nc(NCc3ccc(F)cc3F)nc3c2cnn3C2CCN(C(=O)c3ccc(C4CCN(c5ccc6c(c5)C(=O)N(C5CCC(=O)NC5=O)C6=O)CC4)cc3)CC2)n[nH]1. The summed E-state index contributed by atoms with van der Waals surface area (Å²) in [5, 5.41) is 21.1. The number of benzene rings is 3. The van der Waals surface area contributed by atoms with Gasteiger partial charge in [0.25, 0.3) is 17.7 Å². The summed E-state index contributed by atoms with van der Waals surface area (Å²) in [6.07, 6.45) is 4.85. The van der Waals surface area contributed by atoms with Crippen LogP contribution in [0.4, 0.5) is 32.1 Å². The van der Waals surface area contributed by atoms with Crippen LogP contribution in [0.5, 0.6) is 0 Å². The number of aromatic nitrogens is 6. The number of piperidine rings is 3. The number of imide groups is 2. The molecule has 3 saturated heterocycles. The predicted molar refractivity (Wildman–Crippen MR) is 234 cm³/mol. The Hall–Kier alpha value is -7.57. The average molecular weight is 883 g/mol. The van der Waals surface area contributed by atoms with Crippen molar-refractivity contribution < 1.29 is 32.8 Å². The normalized spacial score (nSPS) is 18.4. The highest BCUT2D eigenvalue weighted by molar-refractivity contribution is 6.23. The number of H-pyrrole nitrogens is 1. The van der Waals surface area contributed by atoms with Crippen molar-refractivity contribution in [2.45, 2.75) is 70.0 Å². The summed E-state index contributed by atoms with van der Waals surface area (Å²) in [5.74, 6) is -1.99. The smallest absolute Gasteiger partial charge is 0.262 e. The highest BCUT2D eigenvalue weighted by Crippen LogP contribution is 2.36. The Labute approximate surface area is 370 Å². The fraction of sp³-hybridized carbons (Fsp3) is 0.326. The second kappa shape index (κ2) is 16.9. The molecule has 0 aliphatic carbocycles. The van der Waals surface area contributed by atoms with E-state index in [-0.39, 0.29) is 59.9 Å². The molecule has 1 unspecified atom stereocenters. The first-order chi connectivity index (χ1) is 31.5. The molecular weight excluding hydrogens is 839 g/mol. The number of carbonyl (C=O) groups is 5. The van der Waals surface area contributed by atoms with Gasteiger partial charge in [-0.15, -0.1) is 0 Å². The number of nitrogens with one attached hydrogen (secondary N) is 4. The second-order valence-electron chi connectivity index (χ2n) is 17.0. The van der Waals surface area contributed by atoms with Crippen LogP contribution in [0.1, 0.15) is 98.4 Å². The molecule has 0 saturated carbocycles. The standard InChI is InChI=1S/C46H44F2N12O5/c1-25-20-38(56-55-25)51-40-35-24-50-60(41(35)54-46(53-40)49-23-29-6-7-30(47)21-36(29)48)31-14-18-58(19-15-31)43(63)28-4-2-26(3-5-28)27-12-16-57(17-13-27)32-8-9-33-34(22-32)45(65)59(44(33)64)37-10-11-39(61)52-42(37)62/h2-9,20-22,24,27,31,37H,10-19,23H2,1H3,(H,52,61,62)(H3,49,51,53,54,55,56). The van der Waals surface area contributed by atoms with Gasteiger partial charge in [0.15, 0.2) is 11.5 Å². The number of halogens is 2. The van der Waals surface area contributed by atoms with Crippen molar-refractivity contribution in [1.29, 1.82) is 0 Å². The molecule has 332 valence electrons. The number of likely N-dealkylation sites (tertiary alicyclic amines) is 1. The third-order valence-corrected chi connectivity index (χ3v) is 12.9. The Bertz CT molecular complexity index is 2880. The van der Waals surface area contributed by atoms with E-state index in [4.69, 9.17) is 10.1 Å². The van der Waals surface area contributed by atoms with E-state index in [1.807, 2.05) is 52.9 Å². The Balaban J connectivity index is 0.762. The molecule has 3 aromatic carbocycles. The zero-order valence-electron chi connectivity index (χ0n) is 35.3. The van der Waals surface area contributed by atoms with Crippen LogP contribution in [0.2, 0.25) is 0 Å². The van der Waals surface area contributed by atoms with E-state index in [1.165, 1.54) is 12.1 Å². The Kier molecular flexibility index (Phi) is 10.7. The fourth-order valence-electron chi connectivity index (χ4n) is 9.33. The summed E-state index contributed by atoms with van der Waals surface area (Å²) in [7, 11) is 0. The van der Waals surface area contributed by atoms with Crippen molar-refractivity contribution in [3.8, 4) is 0 Å². The first kappa shape index (κ1) is 41.4. The van der Waals surface area contributed by atoms with E-state index in [9.17, 15) is 32.8 Å². The van der Waals surface area contributed by atoms with Crippen LogP contribution >= 0.6 is 0 Å². The Morgan fingerprint density at radius 2 is 1.62 bits per heavy atom. The highest BCUT2D eigenvalue weighted by Gasteiger charge is 2.45. The van der Waals surface area contributed by atoms with Crippen molar-refractivity contribution in [3.05, 3.63) is 118 Å². The van der Waals surface area contributed by atoms with Gasteiger partial charge in [0.05, 0.1) is 28.8 Å². The highest BCUT2D eigenvalue weighted by atomic mass is 19.1. The molecule has 19 heteroatoms. The van der Waals surface area contributed by atoms with Crippen LogP contribution in [0.15, 0.2) is 72.9 Å². The van der Waals surface area contributed by atoms with Gasteiger partial charge in [0.1, 0.15) is 23.5 Å². The van der Waals surface area contributed by atoms with Gasteiger partial charge in [-0.2, -0.15) is 20.2 Å². The van der Waals surface area contributed by atoms with Gasteiger partial charge in [-0.05, 0) is 86.9 Å². The molecule has 17 nitrogen and oxygen atoms in total. The molecule has 4 aliphatic rings. The van der Waals surface area contributed by atoms with Crippen molar-refractivity contribution in [2.24, 2.45) is 0 Å². The summed E-state index contributed by atoms with van der Waals surface area (Å²) >= 11 is 0. The lowest BCUT2D eigenvalue weighted by atomic mass is 9.88. The maximum atomic E-state index is 14.5.